The van der Waals surface area contributed by atoms with Gasteiger partial charge in [-0.05, 0) is 60.8 Å². The van der Waals surface area contributed by atoms with Crippen molar-refractivity contribution in [3.63, 3.8) is 0 Å². The molecular weight excluding hydrogens is 284 g/mol. The number of benzene rings is 1. The molecule has 0 spiro atoms. The third-order valence-electron chi connectivity index (χ3n) is 5.20. The molecule has 2 aromatic rings. The summed E-state index contributed by atoms with van der Waals surface area (Å²) in [6.07, 6.45) is 6.97. The van der Waals surface area contributed by atoms with Gasteiger partial charge in [0.25, 0.3) is 0 Å². The molecule has 3 nitrogen and oxygen atoms in total. The van der Waals surface area contributed by atoms with Crippen molar-refractivity contribution in [1.29, 1.82) is 0 Å². The van der Waals surface area contributed by atoms with Crippen LogP contribution in [-0.4, -0.2) is 18.6 Å². The Labute approximate surface area is 138 Å². The lowest BCUT2D eigenvalue weighted by Gasteiger charge is -2.27. The predicted octanol–water partition coefficient (Wildman–Crippen LogP) is 5.00. The number of ether oxygens (including phenoxy) is 1. The molecular formula is C20H24N2O. The predicted molar refractivity (Wildman–Crippen MR) is 93.9 cm³/mol. The van der Waals surface area contributed by atoms with Crippen LogP contribution in [0.25, 0.3) is 0 Å². The van der Waals surface area contributed by atoms with Gasteiger partial charge in [-0.15, -0.1) is 0 Å². The second kappa shape index (κ2) is 5.88. The second-order valence-electron chi connectivity index (χ2n) is 6.75. The smallest absolute Gasteiger partial charge is 0.132 e. The van der Waals surface area contributed by atoms with E-state index < -0.39 is 0 Å². The monoisotopic (exact) mass is 308 g/mol. The van der Waals surface area contributed by atoms with Crippen molar-refractivity contribution in [2.75, 3.05) is 18.6 Å². The van der Waals surface area contributed by atoms with Crippen LogP contribution in [-0.2, 0) is 0 Å². The van der Waals surface area contributed by atoms with Gasteiger partial charge in [0.05, 0.1) is 6.61 Å². The van der Waals surface area contributed by atoms with Crippen molar-refractivity contribution in [3.05, 3.63) is 47.7 Å². The van der Waals surface area contributed by atoms with E-state index in [1.165, 1.54) is 30.4 Å². The third kappa shape index (κ3) is 2.80. The Kier molecular flexibility index (Phi) is 3.72. The van der Waals surface area contributed by atoms with Gasteiger partial charge >= 0.3 is 0 Å². The molecule has 1 aliphatic carbocycles. The lowest BCUT2D eigenvalue weighted by molar-refractivity contribution is 0.265. The van der Waals surface area contributed by atoms with E-state index in [-0.39, 0.29) is 0 Å². The Morgan fingerprint density at radius 1 is 1.17 bits per heavy atom. The maximum atomic E-state index is 5.89. The molecule has 0 N–H and O–H groups in total. The second-order valence-corrected chi connectivity index (χ2v) is 6.75. The Balaban J connectivity index is 1.59. The summed E-state index contributed by atoms with van der Waals surface area (Å²) in [5, 5.41) is 0. The Morgan fingerprint density at radius 2 is 2.04 bits per heavy atom. The average Bonchev–Trinajstić information content (AvgIpc) is 3.45. The van der Waals surface area contributed by atoms with Crippen molar-refractivity contribution in [2.45, 2.75) is 44.4 Å². The van der Waals surface area contributed by atoms with E-state index in [1.807, 2.05) is 6.20 Å². The van der Waals surface area contributed by atoms with Gasteiger partial charge in [0, 0.05) is 25.0 Å². The lowest BCUT2D eigenvalue weighted by Crippen LogP contribution is -2.16. The molecule has 1 aromatic heterocycles. The van der Waals surface area contributed by atoms with Crippen molar-refractivity contribution < 1.29 is 4.74 Å². The maximum absolute atomic E-state index is 5.89. The van der Waals surface area contributed by atoms with E-state index in [2.05, 4.69) is 54.2 Å². The standard InChI is InChI=1S/C20H24N2O/c1-3-14-10-11-23-19-12-17(7-8-18(14)19)22(2)20-9-6-16(13-21-20)15-4-5-15/h6-9,12-15H,3-5,10-11H2,1-2H3/t14-/m1/s1. The van der Waals surface area contributed by atoms with E-state index in [9.17, 15) is 0 Å². The molecule has 0 amide bonds. The van der Waals surface area contributed by atoms with Gasteiger partial charge < -0.3 is 9.64 Å². The van der Waals surface area contributed by atoms with Gasteiger partial charge in [-0.25, -0.2) is 4.98 Å². The summed E-state index contributed by atoms with van der Waals surface area (Å²) >= 11 is 0. The zero-order valence-corrected chi connectivity index (χ0v) is 14.0. The number of fused-ring (bicyclic) bond motifs is 1. The van der Waals surface area contributed by atoms with Crippen LogP contribution in [0.2, 0.25) is 0 Å². The number of hydrogen-bond acceptors (Lipinski definition) is 3. The van der Waals surface area contributed by atoms with Crippen LogP contribution >= 0.6 is 0 Å². The van der Waals surface area contributed by atoms with Crippen molar-refractivity contribution in [3.8, 4) is 5.75 Å². The van der Waals surface area contributed by atoms with E-state index >= 15 is 0 Å². The van der Waals surface area contributed by atoms with Gasteiger partial charge in [0.1, 0.15) is 11.6 Å². The van der Waals surface area contributed by atoms with Crippen LogP contribution in [0.5, 0.6) is 5.75 Å². The SMILES string of the molecule is CC[C@@H]1CCOc2cc(N(C)c3ccc(C4CC4)cn3)ccc21. The molecule has 23 heavy (non-hydrogen) atoms. The first-order chi connectivity index (χ1) is 11.3. The van der Waals surface area contributed by atoms with Crippen LogP contribution in [0.1, 0.15) is 55.6 Å². The summed E-state index contributed by atoms with van der Waals surface area (Å²) in [6.45, 7) is 3.08. The molecule has 1 atom stereocenters. The van der Waals surface area contributed by atoms with Crippen LogP contribution < -0.4 is 9.64 Å². The Bertz CT molecular complexity index is 691. The highest BCUT2D eigenvalue weighted by Gasteiger charge is 2.24. The highest BCUT2D eigenvalue weighted by Crippen LogP contribution is 2.41. The summed E-state index contributed by atoms with van der Waals surface area (Å²) in [6, 6.07) is 10.9. The topological polar surface area (TPSA) is 25.4 Å². The molecule has 0 bridgehead atoms. The summed E-state index contributed by atoms with van der Waals surface area (Å²) in [4.78, 5) is 6.78. The Morgan fingerprint density at radius 3 is 2.74 bits per heavy atom. The molecule has 3 heteroatoms. The zero-order valence-electron chi connectivity index (χ0n) is 14.0. The normalized spacial score (nSPS) is 19.8. The molecule has 4 rings (SSSR count). The van der Waals surface area contributed by atoms with Crippen LogP contribution in [0.3, 0.4) is 0 Å². The van der Waals surface area contributed by atoms with Crippen molar-refractivity contribution in [2.24, 2.45) is 0 Å². The van der Waals surface area contributed by atoms with Crippen LogP contribution in [0, 0.1) is 0 Å². The van der Waals surface area contributed by atoms with Crippen LogP contribution in [0.15, 0.2) is 36.5 Å². The fourth-order valence-corrected chi connectivity index (χ4v) is 3.47. The first-order valence-electron chi connectivity index (χ1n) is 8.72. The summed E-state index contributed by atoms with van der Waals surface area (Å²) in [5.41, 5.74) is 3.86. The third-order valence-corrected chi connectivity index (χ3v) is 5.20. The highest BCUT2D eigenvalue weighted by atomic mass is 16.5. The molecule has 120 valence electrons. The number of nitrogens with zero attached hydrogens (tertiary/aromatic N) is 2. The first-order valence-corrected chi connectivity index (χ1v) is 8.72. The number of aromatic nitrogens is 1. The molecule has 0 unspecified atom stereocenters. The van der Waals surface area contributed by atoms with Gasteiger partial charge in [-0.3, -0.25) is 0 Å². The van der Waals surface area contributed by atoms with Crippen molar-refractivity contribution in [1.82, 2.24) is 4.98 Å². The van der Waals surface area contributed by atoms with E-state index in [4.69, 9.17) is 4.74 Å². The molecule has 2 heterocycles. The largest absolute Gasteiger partial charge is 0.493 e. The van der Waals surface area contributed by atoms with E-state index in [0.29, 0.717) is 5.92 Å². The van der Waals surface area contributed by atoms with Gasteiger partial charge in [0.15, 0.2) is 0 Å². The summed E-state index contributed by atoms with van der Waals surface area (Å²) in [7, 11) is 2.07. The lowest BCUT2D eigenvalue weighted by atomic mass is 9.91. The van der Waals surface area contributed by atoms with Crippen molar-refractivity contribution >= 4 is 11.5 Å². The minimum atomic E-state index is 0.633. The number of pyridine rings is 1. The minimum absolute atomic E-state index is 0.633. The summed E-state index contributed by atoms with van der Waals surface area (Å²) in [5.74, 6) is 3.42. The summed E-state index contributed by atoms with van der Waals surface area (Å²) < 4.78 is 5.89. The average molecular weight is 308 g/mol. The van der Waals surface area contributed by atoms with E-state index in [1.54, 1.807) is 0 Å². The maximum Gasteiger partial charge on any atom is 0.132 e. The quantitative estimate of drug-likeness (QED) is 0.794. The van der Waals surface area contributed by atoms with Crippen LogP contribution in [0.4, 0.5) is 11.5 Å². The molecule has 1 aromatic carbocycles. The van der Waals surface area contributed by atoms with Gasteiger partial charge in [0.2, 0.25) is 0 Å². The molecule has 2 aliphatic rings. The number of anilines is 2. The molecule has 1 fully saturated rings. The zero-order chi connectivity index (χ0) is 15.8. The fraction of sp³-hybridized carbons (Fsp3) is 0.450. The van der Waals surface area contributed by atoms with Gasteiger partial charge in [-0.2, -0.15) is 0 Å². The first kappa shape index (κ1) is 14.6. The molecule has 1 aliphatic heterocycles. The number of rotatable bonds is 4. The van der Waals surface area contributed by atoms with Gasteiger partial charge in [-0.1, -0.05) is 19.1 Å². The number of hydrogen-bond donors (Lipinski definition) is 0. The molecule has 1 saturated carbocycles. The highest BCUT2D eigenvalue weighted by molar-refractivity contribution is 5.63. The molecule has 0 radical (unpaired) electrons. The Hall–Kier alpha value is -2.03. The fourth-order valence-electron chi connectivity index (χ4n) is 3.47. The molecule has 0 saturated heterocycles. The van der Waals surface area contributed by atoms with E-state index in [0.717, 1.165) is 36.2 Å². The minimum Gasteiger partial charge on any atom is -0.493 e.